The molecule has 108 valence electrons. The van der Waals surface area contributed by atoms with Crippen molar-refractivity contribution in [2.45, 2.75) is 44.6 Å². The molecule has 3 rings (SSSR count). The molecule has 1 saturated heterocycles. The van der Waals surface area contributed by atoms with E-state index in [1.165, 1.54) is 29.7 Å². The number of ether oxygens (including phenoxy) is 1. The molecule has 2 unspecified atom stereocenters. The number of anilines is 2. The van der Waals surface area contributed by atoms with Gasteiger partial charge in [0.25, 0.3) is 0 Å². The lowest BCUT2D eigenvalue weighted by Gasteiger charge is -2.18. The summed E-state index contributed by atoms with van der Waals surface area (Å²) in [5.41, 5.74) is 8.01. The van der Waals surface area contributed by atoms with Gasteiger partial charge in [-0.15, -0.1) is 11.3 Å². The molecule has 5 heteroatoms. The predicted octanol–water partition coefficient (Wildman–Crippen LogP) is 3.31. The van der Waals surface area contributed by atoms with Crippen LogP contribution < -0.4 is 11.1 Å². The maximum absolute atomic E-state index is 9.15. The molecule has 2 fully saturated rings. The molecule has 0 spiro atoms. The van der Waals surface area contributed by atoms with E-state index in [1.54, 1.807) is 0 Å². The van der Waals surface area contributed by atoms with Gasteiger partial charge in [-0.3, -0.25) is 0 Å². The fourth-order valence-corrected chi connectivity index (χ4v) is 4.06. The van der Waals surface area contributed by atoms with E-state index >= 15 is 0 Å². The van der Waals surface area contributed by atoms with Gasteiger partial charge >= 0.3 is 0 Å². The molecular weight excluding hydrogens is 270 g/mol. The zero-order chi connectivity index (χ0) is 14.1. The molecular formula is C15H21N3OS. The highest BCUT2D eigenvalue weighted by atomic mass is 32.1. The van der Waals surface area contributed by atoms with Crippen LogP contribution in [0.15, 0.2) is 0 Å². The third-order valence-corrected chi connectivity index (χ3v) is 5.43. The van der Waals surface area contributed by atoms with Gasteiger partial charge < -0.3 is 15.8 Å². The molecule has 1 aliphatic carbocycles. The van der Waals surface area contributed by atoms with E-state index < -0.39 is 0 Å². The van der Waals surface area contributed by atoms with Gasteiger partial charge in [0, 0.05) is 24.6 Å². The van der Waals surface area contributed by atoms with Crippen LogP contribution in [0.4, 0.5) is 10.7 Å². The number of nitrogens with zero attached hydrogens (tertiary/aromatic N) is 1. The summed E-state index contributed by atoms with van der Waals surface area (Å²) in [6.07, 6.45) is 4.96. The van der Waals surface area contributed by atoms with Crippen molar-refractivity contribution in [2.24, 2.45) is 5.92 Å². The Morgan fingerprint density at radius 3 is 2.90 bits per heavy atom. The van der Waals surface area contributed by atoms with E-state index in [4.69, 9.17) is 15.7 Å². The standard InChI is InChI=1S/C15H21N3OS/c1-2-11-10(5-6-19-11)8-18-15-13(9-3-4-9)14(17)12(7-16)20-15/h9-11,18H,2-6,8,17H2,1H3. The Hall–Kier alpha value is -1.25. The molecule has 0 radical (unpaired) electrons. The number of rotatable bonds is 5. The lowest BCUT2D eigenvalue weighted by Crippen LogP contribution is -2.22. The molecule has 2 atom stereocenters. The predicted molar refractivity (Wildman–Crippen MR) is 82.0 cm³/mol. The number of thiophene rings is 1. The number of nitrogens with one attached hydrogen (secondary N) is 1. The summed E-state index contributed by atoms with van der Waals surface area (Å²) in [6.45, 7) is 3.97. The molecule has 0 bridgehead atoms. The zero-order valence-corrected chi connectivity index (χ0v) is 12.6. The van der Waals surface area contributed by atoms with Gasteiger partial charge in [0.15, 0.2) is 0 Å². The summed E-state index contributed by atoms with van der Waals surface area (Å²) >= 11 is 1.51. The van der Waals surface area contributed by atoms with E-state index in [2.05, 4.69) is 18.3 Å². The molecule has 20 heavy (non-hydrogen) atoms. The number of hydrogen-bond acceptors (Lipinski definition) is 5. The molecule has 1 aromatic rings. The van der Waals surface area contributed by atoms with Crippen molar-refractivity contribution in [1.82, 2.24) is 0 Å². The first kappa shape index (κ1) is 13.7. The number of nitrogen functional groups attached to an aromatic ring is 1. The van der Waals surface area contributed by atoms with E-state index in [1.807, 2.05) is 0 Å². The highest BCUT2D eigenvalue weighted by Crippen LogP contribution is 2.50. The van der Waals surface area contributed by atoms with Crippen LogP contribution in [0, 0.1) is 17.2 Å². The van der Waals surface area contributed by atoms with Crippen LogP contribution in [0.3, 0.4) is 0 Å². The third kappa shape index (κ3) is 2.50. The SMILES string of the molecule is CCC1OCCC1CNc1sc(C#N)c(N)c1C1CC1. The molecule has 1 saturated carbocycles. The maximum Gasteiger partial charge on any atom is 0.130 e. The first-order valence-electron chi connectivity index (χ1n) is 7.42. The Morgan fingerprint density at radius 2 is 2.25 bits per heavy atom. The minimum atomic E-state index is 0.375. The van der Waals surface area contributed by atoms with Gasteiger partial charge in [-0.1, -0.05) is 6.92 Å². The molecule has 4 nitrogen and oxygen atoms in total. The molecule has 2 heterocycles. The average Bonchev–Trinajstić information content (AvgIpc) is 3.09. The Morgan fingerprint density at radius 1 is 1.45 bits per heavy atom. The zero-order valence-electron chi connectivity index (χ0n) is 11.8. The molecule has 1 aliphatic heterocycles. The highest BCUT2D eigenvalue weighted by Gasteiger charge is 2.32. The Bertz CT molecular complexity index is 530. The van der Waals surface area contributed by atoms with Gasteiger partial charge in [-0.05, 0) is 31.6 Å². The maximum atomic E-state index is 9.15. The van der Waals surface area contributed by atoms with E-state index in [0.717, 1.165) is 31.0 Å². The van der Waals surface area contributed by atoms with Crippen LogP contribution in [0.2, 0.25) is 0 Å². The van der Waals surface area contributed by atoms with Crippen molar-refractivity contribution in [1.29, 1.82) is 5.26 Å². The van der Waals surface area contributed by atoms with E-state index in [9.17, 15) is 0 Å². The smallest absolute Gasteiger partial charge is 0.130 e. The topological polar surface area (TPSA) is 71.1 Å². The van der Waals surface area contributed by atoms with Gasteiger partial charge in [0.1, 0.15) is 10.9 Å². The van der Waals surface area contributed by atoms with Gasteiger partial charge in [-0.25, -0.2) is 0 Å². The summed E-state index contributed by atoms with van der Waals surface area (Å²) < 4.78 is 5.73. The second-order valence-corrected chi connectivity index (χ2v) is 6.74. The Labute approximate surface area is 123 Å². The molecule has 0 aromatic carbocycles. The van der Waals surface area contributed by atoms with Crippen molar-refractivity contribution < 1.29 is 4.74 Å². The monoisotopic (exact) mass is 291 g/mol. The quantitative estimate of drug-likeness (QED) is 0.873. The van der Waals surface area contributed by atoms with Crippen LogP contribution in [0.5, 0.6) is 0 Å². The lowest BCUT2D eigenvalue weighted by atomic mass is 9.99. The molecule has 1 aromatic heterocycles. The van der Waals surface area contributed by atoms with Crippen molar-refractivity contribution in [3.05, 3.63) is 10.4 Å². The summed E-state index contributed by atoms with van der Waals surface area (Å²) in [6, 6.07) is 2.22. The average molecular weight is 291 g/mol. The summed E-state index contributed by atoms with van der Waals surface area (Å²) in [5, 5.41) is 13.8. The minimum Gasteiger partial charge on any atom is -0.397 e. The second kappa shape index (κ2) is 5.63. The minimum absolute atomic E-state index is 0.375. The number of nitriles is 1. The van der Waals surface area contributed by atoms with Crippen molar-refractivity contribution in [3.8, 4) is 6.07 Å². The Kier molecular flexibility index (Phi) is 3.86. The van der Waals surface area contributed by atoms with Crippen LogP contribution in [-0.4, -0.2) is 19.3 Å². The Balaban J connectivity index is 1.72. The van der Waals surface area contributed by atoms with Crippen LogP contribution in [-0.2, 0) is 4.74 Å². The van der Waals surface area contributed by atoms with Crippen molar-refractivity contribution in [3.63, 3.8) is 0 Å². The number of nitrogens with two attached hydrogens (primary N) is 1. The summed E-state index contributed by atoms with van der Waals surface area (Å²) in [7, 11) is 0. The lowest BCUT2D eigenvalue weighted by molar-refractivity contribution is 0.0900. The van der Waals surface area contributed by atoms with Gasteiger partial charge in [0.2, 0.25) is 0 Å². The highest BCUT2D eigenvalue weighted by molar-refractivity contribution is 7.17. The second-order valence-electron chi connectivity index (χ2n) is 5.72. The summed E-state index contributed by atoms with van der Waals surface area (Å²) in [5.74, 6) is 1.14. The van der Waals surface area contributed by atoms with Crippen molar-refractivity contribution in [2.75, 3.05) is 24.2 Å². The first-order valence-corrected chi connectivity index (χ1v) is 8.24. The van der Waals surface area contributed by atoms with Crippen LogP contribution in [0.25, 0.3) is 0 Å². The van der Waals surface area contributed by atoms with E-state index in [-0.39, 0.29) is 0 Å². The van der Waals surface area contributed by atoms with Gasteiger partial charge in [0.05, 0.1) is 16.8 Å². The normalized spacial score (nSPS) is 25.6. The number of hydrogen-bond donors (Lipinski definition) is 2. The third-order valence-electron chi connectivity index (χ3n) is 4.34. The van der Waals surface area contributed by atoms with Crippen LogP contribution in [0.1, 0.15) is 49.0 Å². The molecule has 0 amide bonds. The summed E-state index contributed by atoms with van der Waals surface area (Å²) in [4.78, 5) is 0.657. The van der Waals surface area contributed by atoms with Crippen LogP contribution >= 0.6 is 11.3 Å². The molecule has 3 N–H and O–H groups in total. The molecule has 2 aliphatic rings. The van der Waals surface area contributed by atoms with E-state index in [0.29, 0.717) is 28.5 Å². The largest absolute Gasteiger partial charge is 0.397 e. The first-order chi connectivity index (χ1) is 9.74. The van der Waals surface area contributed by atoms with Crippen molar-refractivity contribution >= 4 is 22.0 Å². The fraction of sp³-hybridized carbons (Fsp3) is 0.667. The van der Waals surface area contributed by atoms with Gasteiger partial charge in [-0.2, -0.15) is 5.26 Å². The fourth-order valence-electron chi connectivity index (χ4n) is 3.05.